The molecule has 1 aromatic carbocycles. The summed E-state index contributed by atoms with van der Waals surface area (Å²) in [4.78, 5) is 27.1. The molecule has 7 nitrogen and oxygen atoms in total. The Bertz CT molecular complexity index is 1100. The molecule has 1 atom stereocenters. The quantitative estimate of drug-likeness (QED) is 0.385. The fourth-order valence-electron chi connectivity index (χ4n) is 3.71. The number of carboxylic acid groups (broad SMARTS) is 1. The number of carbonyl (C=O) groups is 2. The third-order valence-electron chi connectivity index (χ3n) is 5.31. The van der Waals surface area contributed by atoms with E-state index in [2.05, 4.69) is 41.6 Å². The number of furan rings is 1. The minimum Gasteiger partial charge on any atom is -0.481 e. The van der Waals surface area contributed by atoms with Gasteiger partial charge in [-0.15, -0.1) is 0 Å². The van der Waals surface area contributed by atoms with E-state index in [0.29, 0.717) is 11.5 Å². The van der Waals surface area contributed by atoms with Crippen molar-refractivity contribution in [3.8, 4) is 11.3 Å². The number of carbonyl (C=O) groups excluding carboxylic acids is 1. The highest BCUT2D eigenvalue weighted by Crippen LogP contribution is 2.34. The lowest BCUT2D eigenvalue weighted by atomic mass is 9.96. The minimum absolute atomic E-state index is 0.0375. The number of aryl methyl sites for hydroxylation is 2. The molecule has 1 unspecified atom stereocenters. The maximum absolute atomic E-state index is 12.2. The summed E-state index contributed by atoms with van der Waals surface area (Å²) in [6.45, 7) is 8.44. The number of anilines is 1. The number of aliphatic carboxylic acids is 1. The molecule has 0 fully saturated rings. The first-order valence-electron chi connectivity index (χ1n) is 11.1. The lowest BCUT2D eigenvalue weighted by Crippen LogP contribution is -2.25. The van der Waals surface area contributed by atoms with Gasteiger partial charge in [-0.2, -0.15) is 0 Å². The first-order chi connectivity index (χ1) is 15.7. The molecule has 7 heteroatoms. The maximum Gasteiger partial charge on any atom is 0.305 e. The number of pyridine rings is 1. The lowest BCUT2D eigenvalue weighted by molar-refractivity contribution is -0.136. The molecule has 1 amide bonds. The number of carboxylic acids is 1. The molecule has 0 aliphatic carbocycles. The molecule has 0 aliphatic heterocycles. The minimum atomic E-state index is -0.942. The first-order valence-corrected chi connectivity index (χ1v) is 11.1. The molecule has 0 bridgehead atoms. The molecular weight excluding hydrogens is 418 g/mol. The summed E-state index contributed by atoms with van der Waals surface area (Å²) in [5.74, 6) is 0.882. The van der Waals surface area contributed by atoms with Gasteiger partial charge in [0.2, 0.25) is 0 Å². The summed E-state index contributed by atoms with van der Waals surface area (Å²) >= 11 is 0. The molecule has 3 N–H and O–H groups in total. The van der Waals surface area contributed by atoms with Crippen LogP contribution in [-0.2, 0) is 4.79 Å². The summed E-state index contributed by atoms with van der Waals surface area (Å²) in [6, 6.07) is 11.4. The van der Waals surface area contributed by atoms with Crippen molar-refractivity contribution in [2.75, 3.05) is 11.9 Å². The van der Waals surface area contributed by atoms with Crippen LogP contribution in [0.3, 0.4) is 0 Å². The summed E-state index contributed by atoms with van der Waals surface area (Å²) < 4.78 is 6.09. The number of nitrogens with zero attached hydrogens (tertiary/aromatic N) is 1. The van der Waals surface area contributed by atoms with Crippen molar-refractivity contribution in [2.45, 2.75) is 46.6 Å². The molecule has 3 aromatic rings. The number of rotatable bonds is 10. The molecule has 3 rings (SSSR count). The Morgan fingerprint density at radius 3 is 2.45 bits per heavy atom. The maximum atomic E-state index is 12.2. The van der Waals surface area contributed by atoms with Crippen LogP contribution in [0.2, 0.25) is 0 Å². The number of aromatic nitrogens is 1. The van der Waals surface area contributed by atoms with Crippen LogP contribution < -0.4 is 10.6 Å². The van der Waals surface area contributed by atoms with Gasteiger partial charge in [-0.05, 0) is 68.1 Å². The Labute approximate surface area is 194 Å². The van der Waals surface area contributed by atoms with Gasteiger partial charge in [0.1, 0.15) is 11.5 Å². The summed E-state index contributed by atoms with van der Waals surface area (Å²) in [7, 11) is 0. The number of nitrogens with one attached hydrogen (secondary N) is 2. The van der Waals surface area contributed by atoms with Gasteiger partial charge in [-0.25, -0.2) is 0 Å². The van der Waals surface area contributed by atoms with Gasteiger partial charge in [0.15, 0.2) is 0 Å². The third kappa shape index (κ3) is 6.68. The molecular formula is C26H31N3O4. The third-order valence-corrected chi connectivity index (χ3v) is 5.31. The zero-order valence-corrected chi connectivity index (χ0v) is 19.5. The van der Waals surface area contributed by atoms with E-state index in [1.54, 1.807) is 18.3 Å². The predicted molar refractivity (Wildman–Crippen MR) is 128 cm³/mol. The van der Waals surface area contributed by atoms with Crippen molar-refractivity contribution in [3.05, 3.63) is 71.2 Å². The second kappa shape index (κ2) is 10.8. The Kier molecular flexibility index (Phi) is 7.87. The molecule has 0 spiro atoms. The zero-order valence-electron chi connectivity index (χ0n) is 19.5. The van der Waals surface area contributed by atoms with Crippen LogP contribution >= 0.6 is 0 Å². The molecule has 33 heavy (non-hydrogen) atoms. The number of hydrogen-bond donors (Lipinski definition) is 3. The molecule has 0 radical (unpaired) electrons. The van der Waals surface area contributed by atoms with Crippen LogP contribution in [0.1, 0.15) is 60.0 Å². The van der Waals surface area contributed by atoms with E-state index >= 15 is 0 Å². The van der Waals surface area contributed by atoms with Crippen LogP contribution in [0, 0.1) is 19.8 Å². The lowest BCUT2D eigenvalue weighted by Gasteiger charge is -2.21. The Balaban J connectivity index is 1.76. The Morgan fingerprint density at radius 2 is 1.82 bits per heavy atom. The average Bonchev–Trinajstić information content (AvgIpc) is 3.15. The molecule has 2 aromatic heterocycles. The highest BCUT2D eigenvalue weighted by molar-refractivity contribution is 5.94. The SMILES string of the molecule is Cc1cncc(-c2cc(C(CC(C)C)Nc3ccc(C(=O)NCCC(=O)O)cc3)c(C)o2)c1. The normalized spacial score (nSPS) is 11.9. The van der Waals surface area contributed by atoms with Gasteiger partial charge in [0.25, 0.3) is 5.91 Å². The molecule has 174 valence electrons. The molecule has 0 saturated carbocycles. The summed E-state index contributed by atoms with van der Waals surface area (Å²) in [6.07, 6.45) is 4.43. The number of benzene rings is 1. The van der Waals surface area contributed by atoms with Crippen molar-refractivity contribution in [1.82, 2.24) is 10.3 Å². The number of hydrogen-bond acceptors (Lipinski definition) is 5. The van der Waals surface area contributed by atoms with Gasteiger partial charge >= 0.3 is 5.97 Å². The smallest absolute Gasteiger partial charge is 0.305 e. The molecule has 0 aliphatic rings. The van der Waals surface area contributed by atoms with Crippen molar-refractivity contribution >= 4 is 17.6 Å². The van der Waals surface area contributed by atoms with Crippen LogP contribution in [0.15, 0.2) is 53.2 Å². The standard InChI is InChI=1S/C26H31N3O4/c1-16(2)11-23(22-13-24(33-18(22)4)20-12-17(3)14-27-15-20)29-21-7-5-19(6-8-21)26(32)28-10-9-25(30)31/h5-8,12-16,23,29H,9-11H2,1-4H3,(H,28,32)(H,30,31). The van der Waals surface area contributed by atoms with E-state index < -0.39 is 5.97 Å². The van der Waals surface area contributed by atoms with Gasteiger partial charge in [0, 0.05) is 41.3 Å². The Hall–Kier alpha value is -3.61. The second-order valence-corrected chi connectivity index (χ2v) is 8.68. The average molecular weight is 450 g/mol. The molecule has 2 heterocycles. The zero-order chi connectivity index (χ0) is 24.0. The van der Waals surface area contributed by atoms with Crippen LogP contribution in [0.25, 0.3) is 11.3 Å². The van der Waals surface area contributed by atoms with E-state index in [4.69, 9.17) is 9.52 Å². The van der Waals surface area contributed by atoms with Crippen molar-refractivity contribution in [1.29, 1.82) is 0 Å². The highest BCUT2D eigenvalue weighted by atomic mass is 16.4. The van der Waals surface area contributed by atoms with E-state index in [0.717, 1.165) is 40.3 Å². The predicted octanol–water partition coefficient (Wildman–Crippen LogP) is 5.36. The number of amides is 1. The van der Waals surface area contributed by atoms with Crippen LogP contribution in [0.4, 0.5) is 5.69 Å². The van der Waals surface area contributed by atoms with Crippen LogP contribution in [-0.4, -0.2) is 28.5 Å². The van der Waals surface area contributed by atoms with E-state index in [1.807, 2.05) is 32.2 Å². The van der Waals surface area contributed by atoms with Gasteiger partial charge in [-0.3, -0.25) is 14.6 Å². The van der Waals surface area contributed by atoms with Gasteiger partial charge in [-0.1, -0.05) is 13.8 Å². The fourth-order valence-corrected chi connectivity index (χ4v) is 3.71. The van der Waals surface area contributed by atoms with E-state index in [-0.39, 0.29) is 24.9 Å². The largest absolute Gasteiger partial charge is 0.481 e. The van der Waals surface area contributed by atoms with Crippen molar-refractivity contribution in [2.24, 2.45) is 5.92 Å². The summed E-state index contributed by atoms with van der Waals surface area (Å²) in [5.41, 5.74) is 4.50. The first kappa shape index (κ1) is 24.0. The van der Waals surface area contributed by atoms with Crippen molar-refractivity contribution < 1.29 is 19.1 Å². The van der Waals surface area contributed by atoms with Gasteiger partial charge < -0.3 is 20.2 Å². The topological polar surface area (TPSA) is 104 Å². The monoisotopic (exact) mass is 449 g/mol. The Morgan fingerprint density at radius 1 is 1.09 bits per heavy atom. The van der Waals surface area contributed by atoms with Crippen molar-refractivity contribution in [3.63, 3.8) is 0 Å². The fraction of sp³-hybridized carbons (Fsp3) is 0.346. The summed E-state index contributed by atoms with van der Waals surface area (Å²) in [5, 5.41) is 14.9. The molecule has 0 saturated heterocycles. The second-order valence-electron chi connectivity index (χ2n) is 8.68. The van der Waals surface area contributed by atoms with Crippen LogP contribution in [0.5, 0.6) is 0 Å². The van der Waals surface area contributed by atoms with E-state index in [9.17, 15) is 9.59 Å². The van der Waals surface area contributed by atoms with E-state index in [1.165, 1.54) is 0 Å². The highest BCUT2D eigenvalue weighted by Gasteiger charge is 2.20. The van der Waals surface area contributed by atoms with Gasteiger partial charge in [0.05, 0.1) is 12.5 Å².